The molecule has 10 nitrogen and oxygen atoms in total. The zero-order chi connectivity index (χ0) is 21.6. The fraction of sp³-hybridized carbons (Fsp3) is 0.500. The molecule has 29 heavy (non-hydrogen) atoms. The second-order valence-electron chi connectivity index (χ2n) is 6.47. The molecular weight excluding hydrogens is 402 g/mol. The van der Waals surface area contributed by atoms with Crippen LogP contribution >= 0.6 is 0 Å². The summed E-state index contributed by atoms with van der Waals surface area (Å²) in [5.41, 5.74) is 0. The Morgan fingerprint density at radius 3 is 2.41 bits per heavy atom. The number of nitrogens with zero attached hydrogens (tertiary/aromatic N) is 2. The second-order valence-corrected chi connectivity index (χ2v) is 8.40. The zero-order valence-corrected chi connectivity index (χ0v) is 17.3. The number of sulfonamides is 1. The van der Waals surface area contributed by atoms with Crippen LogP contribution in [0.4, 0.5) is 0 Å². The van der Waals surface area contributed by atoms with Crippen LogP contribution in [-0.2, 0) is 33.9 Å². The van der Waals surface area contributed by atoms with Crippen molar-refractivity contribution in [2.24, 2.45) is 0 Å². The molecule has 1 aromatic carbocycles. The molecule has 1 aliphatic heterocycles. The lowest BCUT2D eigenvalue weighted by Gasteiger charge is -2.40. The van der Waals surface area contributed by atoms with Gasteiger partial charge in [0.1, 0.15) is 18.7 Å². The van der Waals surface area contributed by atoms with Crippen molar-refractivity contribution < 1.29 is 32.3 Å². The topological polar surface area (TPSA) is 122 Å². The van der Waals surface area contributed by atoms with Gasteiger partial charge in [-0.25, -0.2) is 13.2 Å². The van der Waals surface area contributed by atoms with Crippen molar-refractivity contribution in [3.05, 3.63) is 30.3 Å². The number of amides is 2. The molecule has 11 heteroatoms. The lowest BCUT2D eigenvalue weighted by molar-refractivity contribution is -0.148. The summed E-state index contributed by atoms with van der Waals surface area (Å²) >= 11 is 0. The van der Waals surface area contributed by atoms with Gasteiger partial charge in [-0.15, -0.1) is 0 Å². The first-order valence-electron chi connectivity index (χ1n) is 8.94. The van der Waals surface area contributed by atoms with Gasteiger partial charge in [0.05, 0.1) is 12.0 Å². The molecule has 1 fully saturated rings. The normalized spacial score (nSPS) is 18.7. The lowest BCUT2D eigenvalue weighted by Crippen LogP contribution is -2.63. The van der Waals surface area contributed by atoms with Crippen LogP contribution in [-0.4, -0.2) is 88.0 Å². The molecule has 2 atom stereocenters. The highest BCUT2D eigenvalue weighted by Crippen LogP contribution is 2.20. The Balaban J connectivity index is 2.27. The molecule has 2 unspecified atom stereocenters. The molecule has 0 bridgehead atoms. The molecular formula is C18H25N3O7S. The summed E-state index contributed by atoms with van der Waals surface area (Å²) in [5, 5.41) is 2.47. The minimum atomic E-state index is -3.85. The minimum Gasteiger partial charge on any atom is -0.467 e. The fourth-order valence-electron chi connectivity index (χ4n) is 2.99. The average molecular weight is 427 g/mol. The van der Waals surface area contributed by atoms with Crippen LogP contribution in [0.2, 0.25) is 0 Å². The van der Waals surface area contributed by atoms with Gasteiger partial charge in [0, 0.05) is 26.7 Å². The maximum atomic E-state index is 12.9. The summed E-state index contributed by atoms with van der Waals surface area (Å²) in [7, 11) is -1.31. The van der Waals surface area contributed by atoms with E-state index in [0.29, 0.717) is 0 Å². The number of hydrogen-bond donors (Lipinski definition) is 1. The van der Waals surface area contributed by atoms with Gasteiger partial charge in [0.15, 0.2) is 0 Å². The van der Waals surface area contributed by atoms with Gasteiger partial charge in [0.2, 0.25) is 21.8 Å². The first kappa shape index (κ1) is 22.8. The van der Waals surface area contributed by atoms with E-state index in [0.717, 1.165) is 4.31 Å². The predicted molar refractivity (Wildman–Crippen MR) is 102 cm³/mol. The number of carbonyl (C=O) groups is 3. The molecule has 1 aliphatic rings. The van der Waals surface area contributed by atoms with Crippen molar-refractivity contribution in [3.8, 4) is 0 Å². The first-order chi connectivity index (χ1) is 13.7. The van der Waals surface area contributed by atoms with Gasteiger partial charge in [-0.1, -0.05) is 18.2 Å². The second kappa shape index (κ2) is 9.81. The average Bonchev–Trinajstić information content (AvgIpc) is 2.73. The van der Waals surface area contributed by atoms with Crippen molar-refractivity contribution in [3.63, 3.8) is 0 Å². The Bertz CT molecular complexity index is 844. The van der Waals surface area contributed by atoms with E-state index in [2.05, 4.69) is 10.1 Å². The van der Waals surface area contributed by atoms with Gasteiger partial charge in [-0.05, 0) is 19.1 Å². The summed E-state index contributed by atoms with van der Waals surface area (Å²) in [6.07, 6.45) is 0. The molecule has 1 N–H and O–H groups in total. The first-order valence-corrected chi connectivity index (χ1v) is 10.4. The Morgan fingerprint density at radius 1 is 1.17 bits per heavy atom. The van der Waals surface area contributed by atoms with E-state index in [9.17, 15) is 22.8 Å². The highest BCUT2D eigenvalue weighted by Gasteiger charge is 2.40. The largest absolute Gasteiger partial charge is 0.467 e. The monoisotopic (exact) mass is 427 g/mol. The molecule has 1 aromatic rings. The van der Waals surface area contributed by atoms with Gasteiger partial charge in [0.25, 0.3) is 0 Å². The van der Waals surface area contributed by atoms with Crippen LogP contribution in [0.5, 0.6) is 0 Å². The number of rotatable bonds is 7. The summed E-state index contributed by atoms with van der Waals surface area (Å²) in [6, 6.07) is 5.77. The van der Waals surface area contributed by atoms with Crippen LogP contribution < -0.4 is 5.32 Å². The summed E-state index contributed by atoms with van der Waals surface area (Å²) in [6.45, 7) is 0.989. The number of piperazine rings is 1. The van der Waals surface area contributed by atoms with Crippen molar-refractivity contribution in [1.82, 2.24) is 14.5 Å². The van der Waals surface area contributed by atoms with Gasteiger partial charge in [-0.2, -0.15) is 4.31 Å². The molecule has 0 aromatic heterocycles. The van der Waals surface area contributed by atoms with Crippen LogP contribution in [0.15, 0.2) is 35.2 Å². The molecule has 0 radical (unpaired) electrons. The Morgan fingerprint density at radius 2 is 1.83 bits per heavy atom. The van der Waals surface area contributed by atoms with E-state index < -0.39 is 39.9 Å². The Kier molecular flexibility index (Phi) is 7.71. The highest BCUT2D eigenvalue weighted by molar-refractivity contribution is 7.89. The predicted octanol–water partition coefficient (Wildman–Crippen LogP) is -0.788. The van der Waals surface area contributed by atoms with Crippen molar-refractivity contribution in [1.29, 1.82) is 0 Å². The van der Waals surface area contributed by atoms with E-state index in [4.69, 9.17) is 4.74 Å². The van der Waals surface area contributed by atoms with E-state index in [1.165, 1.54) is 38.2 Å². The maximum absolute atomic E-state index is 12.9. The third-order valence-electron chi connectivity index (χ3n) is 4.53. The number of benzene rings is 1. The molecule has 0 spiro atoms. The number of esters is 1. The standard InChI is InChI=1S/C18H25N3O7S/c1-13(18(24)28-3)19-17(23)15-11-20(9-10-21(15)16(22)12-27-2)29(25,26)14-7-5-4-6-8-14/h4-8,13,15H,9-12H2,1-3H3,(H,19,23). The third kappa shape index (κ3) is 5.31. The number of carbonyl (C=O) groups excluding carboxylic acids is 3. The molecule has 1 saturated heterocycles. The molecule has 2 rings (SSSR count). The van der Waals surface area contributed by atoms with E-state index in [-0.39, 0.29) is 31.1 Å². The Hall–Kier alpha value is -2.50. The van der Waals surface area contributed by atoms with E-state index >= 15 is 0 Å². The zero-order valence-electron chi connectivity index (χ0n) is 16.5. The van der Waals surface area contributed by atoms with E-state index in [1.807, 2.05) is 0 Å². The number of hydrogen-bond acceptors (Lipinski definition) is 7. The van der Waals surface area contributed by atoms with Gasteiger partial charge in [-0.3, -0.25) is 9.59 Å². The molecule has 160 valence electrons. The fourth-order valence-corrected chi connectivity index (χ4v) is 4.45. The van der Waals surface area contributed by atoms with Gasteiger partial charge < -0.3 is 19.7 Å². The van der Waals surface area contributed by atoms with Crippen LogP contribution in [0.1, 0.15) is 6.92 Å². The molecule has 2 amide bonds. The SMILES string of the molecule is COCC(=O)N1CCN(S(=O)(=O)c2ccccc2)CC1C(=O)NC(C)C(=O)OC. The quantitative estimate of drug-likeness (QED) is 0.566. The van der Waals surface area contributed by atoms with Crippen molar-refractivity contribution >= 4 is 27.8 Å². The number of nitrogens with one attached hydrogen (secondary N) is 1. The molecule has 0 saturated carbocycles. The number of ether oxygens (including phenoxy) is 2. The third-order valence-corrected chi connectivity index (χ3v) is 6.41. The number of methoxy groups -OCH3 is 2. The highest BCUT2D eigenvalue weighted by atomic mass is 32.2. The van der Waals surface area contributed by atoms with Crippen molar-refractivity contribution in [2.45, 2.75) is 23.9 Å². The summed E-state index contributed by atoms with van der Waals surface area (Å²) in [5.74, 6) is -1.76. The Labute approximate surface area is 169 Å². The van der Waals surface area contributed by atoms with Crippen LogP contribution in [0, 0.1) is 0 Å². The lowest BCUT2D eigenvalue weighted by atomic mass is 10.1. The minimum absolute atomic E-state index is 0.0128. The van der Waals surface area contributed by atoms with E-state index in [1.54, 1.807) is 18.2 Å². The summed E-state index contributed by atoms with van der Waals surface area (Å²) < 4.78 is 36.5. The smallest absolute Gasteiger partial charge is 0.328 e. The van der Waals surface area contributed by atoms with Crippen LogP contribution in [0.25, 0.3) is 0 Å². The van der Waals surface area contributed by atoms with Crippen LogP contribution in [0.3, 0.4) is 0 Å². The van der Waals surface area contributed by atoms with Gasteiger partial charge >= 0.3 is 5.97 Å². The maximum Gasteiger partial charge on any atom is 0.328 e. The molecule has 1 heterocycles. The summed E-state index contributed by atoms with van der Waals surface area (Å²) in [4.78, 5) is 38.1. The molecule has 0 aliphatic carbocycles. The van der Waals surface area contributed by atoms with Crippen molar-refractivity contribution in [2.75, 3.05) is 40.5 Å².